The Hall–Kier alpha value is -3.59. The number of rotatable bonds is 4. The summed E-state index contributed by atoms with van der Waals surface area (Å²) in [5, 5.41) is 11.2. The maximum absolute atomic E-state index is 13.3. The number of hydrogen-bond donors (Lipinski definition) is 2. The van der Waals surface area contributed by atoms with Gasteiger partial charge in [-0.3, -0.25) is 4.79 Å². The molecule has 3 N–H and O–H groups in total. The van der Waals surface area contributed by atoms with Crippen molar-refractivity contribution < 1.29 is 24.1 Å². The number of nitrogens with zero attached hydrogens (tertiary/aromatic N) is 2. The van der Waals surface area contributed by atoms with E-state index in [1.54, 1.807) is 10.6 Å². The zero-order valence-corrected chi connectivity index (χ0v) is 20.1. The van der Waals surface area contributed by atoms with Gasteiger partial charge in [0.1, 0.15) is 6.61 Å². The molecule has 2 aromatic heterocycles. The highest BCUT2D eigenvalue weighted by molar-refractivity contribution is 6.01. The van der Waals surface area contributed by atoms with Gasteiger partial charge in [-0.25, -0.2) is 9.78 Å². The number of hydrogen-bond acceptors (Lipinski definition) is 8. The summed E-state index contributed by atoms with van der Waals surface area (Å²) >= 11 is 0. The number of pyridine rings is 2. The first kappa shape index (κ1) is 23.2. The lowest BCUT2D eigenvalue weighted by Gasteiger charge is -2.21. The minimum absolute atomic E-state index is 0.110. The number of fused-ring (bicyclic) bond motifs is 6. The first-order valence-electron chi connectivity index (χ1n) is 12.1. The summed E-state index contributed by atoms with van der Waals surface area (Å²) < 4.78 is 17.8. The standard InChI is InChI=1S/C24H23N3O6.C2H6/c1-2-3-4-5-11-13-8-27-16(6-12-14(23(27)29)9-31-24(30)21(12)28)20(13)26-15-7-17-22(33-10-32-17)19(25)18(11)15;1-2/h6-7,21,28H,2-5,8-10,25H2,1H3;1-2H3. The Morgan fingerprint density at radius 3 is 2.71 bits per heavy atom. The number of carbonyl (C=O) groups excluding carboxylic acids is 1. The summed E-state index contributed by atoms with van der Waals surface area (Å²) in [6.45, 7) is 6.46. The predicted octanol–water partition coefficient (Wildman–Crippen LogP) is 3.59. The van der Waals surface area contributed by atoms with Crippen molar-refractivity contribution in [1.82, 2.24) is 9.55 Å². The van der Waals surface area contributed by atoms with Crippen molar-refractivity contribution in [2.24, 2.45) is 0 Å². The van der Waals surface area contributed by atoms with E-state index in [-0.39, 0.29) is 24.5 Å². The second-order valence-corrected chi connectivity index (χ2v) is 8.66. The molecular weight excluding hydrogens is 450 g/mol. The van der Waals surface area contributed by atoms with Crippen LogP contribution in [0.5, 0.6) is 11.5 Å². The molecule has 0 radical (unpaired) electrons. The van der Waals surface area contributed by atoms with Crippen LogP contribution in [0.2, 0.25) is 0 Å². The molecule has 0 bridgehead atoms. The van der Waals surface area contributed by atoms with Crippen LogP contribution in [0.1, 0.15) is 68.4 Å². The molecule has 0 saturated heterocycles. The van der Waals surface area contributed by atoms with Crippen LogP contribution in [0.15, 0.2) is 16.9 Å². The van der Waals surface area contributed by atoms with Crippen LogP contribution in [0.3, 0.4) is 0 Å². The first-order valence-corrected chi connectivity index (χ1v) is 12.1. The van der Waals surface area contributed by atoms with Gasteiger partial charge in [-0.2, -0.15) is 0 Å². The van der Waals surface area contributed by atoms with Gasteiger partial charge in [-0.15, -0.1) is 0 Å². The molecule has 5 heterocycles. The van der Waals surface area contributed by atoms with E-state index in [4.69, 9.17) is 24.9 Å². The van der Waals surface area contributed by atoms with Crippen LogP contribution in [0, 0.1) is 0 Å². The molecular formula is C26H29N3O6. The number of anilines is 1. The van der Waals surface area contributed by atoms with Gasteiger partial charge in [-0.05, 0) is 24.5 Å². The number of aliphatic hydroxyl groups excluding tert-OH is 1. The Bertz CT molecular complexity index is 1410. The maximum atomic E-state index is 13.3. The first-order chi connectivity index (χ1) is 17.0. The lowest BCUT2D eigenvalue weighted by atomic mass is 9.94. The van der Waals surface area contributed by atoms with Gasteiger partial charge in [0, 0.05) is 22.6 Å². The number of esters is 1. The molecule has 3 aliphatic rings. The Morgan fingerprint density at radius 1 is 1.14 bits per heavy atom. The van der Waals surface area contributed by atoms with Gasteiger partial charge in [0.15, 0.2) is 17.6 Å². The number of carbonyl (C=O) groups is 1. The molecule has 0 amide bonds. The SMILES string of the molecule is CC.CCCCCc1c2c(nc3cc4c(c(N)c13)OCO4)-c1cc3c(c(=O)n1C2)COC(=O)C3O. The highest BCUT2D eigenvalue weighted by Crippen LogP contribution is 2.47. The predicted molar refractivity (Wildman–Crippen MR) is 130 cm³/mol. The zero-order valence-electron chi connectivity index (χ0n) is 20.1. The number of benzene rings is 1. The lowest BCUT2D eigenvalue weighted by molar-refractivity contribution is -0.157. The minimum atomic E-state index is -1.48. The largest absolute Gasteiger partial charge is 0.458 e. The van der Waals surface area contributed by atoms with Gasteiger partial charge < -0.3 is 29.6 Å². The van der Waals surface area contributed by atoms with Crippen molar-refractivity contribution in [1.29, 1.82) is 0 Å². The van der Waals surface area contributed by atoms with E-state index in [0.717, 1.165) is 42.2 Å². The van der Waals surface area contributed by atoms with Gasteiger partial charge in [0.25, 0.3) is 5.56 Å². The van der Waals surface area contributed by atoms with E-state index in [9.17, 15) is 14.7 Å². The fourth-order valence-corrected chi connectivity index (χ4v) is 5.11. The van der Waals surface area contributed by atoms with Crippen molar-refractivity contribution >= 4 is 22.6 Å². The third kappa shape index (κ3) is 3.44. The summed E-state index contributed by atoms with van der Waals surface area (Å²) in [5.41, 5.74) is 11.2. The normalized spacial score (nSPS) is 16.8. The fraction of sp³-hybridized carbons (Fsp3) is 0.423. The van der Waals surface area contributed by atoms with Gasteiger partial charge in [0.2, 0.25) is 6.79 Å². The molecule has 0 aliphatic carbocycles. The van der Waals surface area contributed by atoms with E-state index >= 15 is 0 Å². The highest BCUT2D eigenvalue weighted by Gasteiger charge is 2.35. The lowest BCUT2D eigenvalue weighted by Crippen LogP contribution is -2.32. The summed E-state index contributed by atoms with van der Waals surface area (Å²) in [5.74, 6) is 0.325. The molecule has 3 aromatic rings. The fourth-order valence-electron chi connectivity index (χ4n) is 5.11. The monoisotopic (exact) mass is 479 g/mol. The number of aliphatic hydroxyl groups is 1. The van der Waals surface area contributed by atoms with Gasteiger partial charge in [0.05, 0.1) is 34.7 Å². The third-order valence-electron chi connectivity index (χ3n) is 6.76. The van der Waals surface area contributed by atoms with Crippen molar-refractivity contribution in [2.75, 3.05) is 12.5 Å². The molecule has 0 fully saturated rings. The number of unbranched alkanes of at least 4 members (excludes halogenated alkanes) is 2. The van der Waals surface area contributed by atoms with Crippen LogP contribution in [-0.4, -0.2) is 27.4 Å². The van der Waals surface area contributed by atoms with Crippen LogP contribution in [0.4, 0.5) is 5.69 Å². The van der Waals surface area contributed by atoms with Crippen LogP contribution in [0.25, 0.3) is 22.3 Å². The number of cyclic esters (lactones) is 1. The Kier molecular flexibility index (Phi) is 5.88. The average molecular weight is 480 g/mol. The van der Waals surface area contributed by atoms with Crippen molar-refractivity contribution in [3.63, 3.8) is 0 Å². The molecule has 9 heteroatoms. The molecule has 0 saturated carbocycles. The average Bonchev–Trinajstić information content (AvgIpc) is 3.48. The van der Waals surface area contributed by atoms with Crippen molar-refractivity contribution in [3.8, 4) is 22.9 Å². The second kappa shape index (κ2) is 8.88. The molecule has 6 rings (SSSR count). The summed E-state index contributed by atoms with van der Waals surface area (Å²) in [6, 6.07) is 3.52. The van der Waals surface area contributed by atoms with Crippen molar-refractivity contribution in [3.05, 3.63) is 44.7 Å². The Labute approximate surface area is 202 Å². The number of ether oxygens (including phenoxy) is 3. The zero-order chi connectivity index (χ0) is 24.9. The number of nitrogens with two attached hydrogens (primary N) is 1. The molecule has 9 nitrogen and oxygen atoms in total. The van der Waals surface area contributed by atoms with Crippen LogP contribution >= 0.6 is 0 Å². The van der Waals surface area contributed by atoms with E-state index < -0.39 is 12.1 Å². The third-order valence-corrected chi connectivity index (χ3v) is 6.76. The molecule has 35 heavy (non-hydrogen) atoms. The van der Waals surface area contributed by atoms with Crippen LogP contribution in [-0.2, 0) is 29.1 Å². The minimum Gasteiger partial charge on any atom is -0.458 e. The molecule has 1 unspecified atom stereocenters. The van der Waals surface area contributed by atoms with E-state index in [0.29, 0.717) is 46.2 Å². The number of aromatic nitrogens is 2. The Balaban J connectivity index is 0.00000124. The van der Waals surface area contributed by atoms with Gasteiger partial charge >= 0.3 is 5.97 Å². The van der Waals surface area contributed by atoms with E-state index in [1.807, 2.05) is 19.9 Å². The molecule has 1 atom stereocenters. The number of aryl methyl sites for hydroxylation is 1. The van der Waals surface area contributed by atoms with Crippen LogP contribution < -0.4 is 20.8 Å². The molecule has 1 aromatic carbocycles. The molecule has 3 aliphatic heterocycles. The smallest absolute Gasteiger partial charge is 0.340 e. The summed E-state index contributed by atoms with van der Waals surface area (Å²) in [6.07, 6.45) is 2.41. The Morgan fingerprint density at radius 2 is 1.94 bits per heavy atom. The summed E-state index contributed by atoms with van der Waals surface area (Å²) in [4.78, 5) is 30.1. The topological polar surface area (TPSA) is 126 Å². The van der Waals surface area contributed by atoms with Crippen molar-refractivity contribution in [2.45, 2.75) is 65.7 Å². The summed E-state index contributed by atoms with van der Waals surface area (Å²) in [7, 11) is 0. The maximum Gasteiger partial charge on any atom is 0.340 e. The van der Waals surface area contributed by atoms with E-state index in [1.165, 1.54) is 0 Å². The van der Waals surface area contributed by atoms with E-state index in [2.05, 4.69) is 6.92 Å². The number of nitrogen functional groups attached to an aromatic ring is 1. The molecule has 0 spiro atoms. The quantitative estimate of drug-likeness (QED) is 0.258. The second-order valence-electron chi connectivity index (χ2n) is 8.66. The highest BCUT2D eigenvalue weighted by atomic mass is 16.7. The van der Waals surface area contributed by atoms with Gasteiger partial charge in [-0.1, -0.05) is 33.6 Å². The molecule has 184 valence electrons.